The average Bonchev–Trinajstić information content (AvgIpc) is 2.23. The SMILES string of the molecule is CCCNCCCCC(N)C(=O)OCC. The number of nitrogens with two attached hydrogens (primary N) is 1. The molecule has 0 aromatic carbocycles. The van der Waals surface area contributed by atoms with E-state index in [1.54, 1.807) is 6.92 Å². The van der Waals surface area contributed by atoms with Gasteiger partial charge in [-0.1, -0.05) is 13.3 Å². The molecule has 1 unspecified atom stereocenters. The molecule has 90 valence electrons. The van der Waals surface area contributed by atoms with Crippen LogP contribution in [0.3, 0.4) is 0 Å². The van der Waals surface area contributed by atoms with Gasteiger partial charge in [-0.25, -0.2) is 0 Å². The van der Waals surface area contributed by atoms with Crippen LogP contribution in [0.1, 0.15) is 39.5 Å². The Morgan fingerprint density at radius 2 is 2.07 bits per heavy atom. The van der Waals surface area contributed by atoms with E-state index < -0.39 is 6.04 Å². The highest BCUT2D eigenvalue weighted by Crippen LogP contribution is 2.00. The molecule has 0 heterocycles. The average molecular weight is 216 g/mol. The van der Waals surface area contributed by atoms with E-state index in [4.69, 9.17) is 10.5 Å². The quantitative estimate of drug-likeness (QED) is 0.446. The number of hydrogen-bond acceptors (Lipinski definition) is 4. The fraction of sp³-hybridized carbons (Fsp3) is 0.909. The van der Waals surface area contributed by atoms with E-state index in [1.807, 2.05) is 0 Å². The number of carbonyl (C=O) groups excluding carboxylic acids is 1. The standard InChI is InChI=1S/C11H24N2O2/c1-3-8-13-9-6-5-7-10(12)11(14)15-4-2/h10,13H,3-9,12H2,1-2H3. The zero-order valence-electron chi connectivity index (χ0n) is 9.92. The van der Waals surface area contributed by atoms with Crippen molar-refractivity contribution < 1.29 is 9.53 Å². The van der Waals surface area contributed by atoms with Gasteiger partial charge in [0, 0.05) is 0 Å². The maximum atomic E-state index is 11.1. The lowest BCUT2D eigenvalue weighted by molar-refractivity contribution is -0.144. The van der Waals surface area contributed by atoms with Crippen LogP contribution in [0.2, 0.25) is 0 Å². The van der Waals surface area contributed by atoms with Crippen LogP contribution in [0, 0.1) is 0 Å². The number of nitrogens with one attached hydrogen (secondary N) is 1. The van der Waals surface area contributed by atoms with Crippen LogP contribution < -0.4 is 11.1 Å². The van der Waals surface area contributed by atoms with Crippen molar-refractivity contribution in [2.24, 2.45) is 5.73 Å². The van der Waals surface area contributed by atoms with Crippen LogP contribution in [0.25, 0.3) is 0 Å². The van der Waals surface area contributed by atoms with E-state index in [2.05, 4.69) is 12.2 Å². The molecule has 4 nitrogen and oxygen atoms in total. The summed E-state index contributed by atoms with van der Waals surface area (Å²) in [6, 6.07) is -0.448. The molecule has 0 amide bonds. The second kappa shape index (κ2) is 9.93. The topological polar surface area (TPSA) is 64.3 Å². The Bertz CT molecular complexity index is 163. The van der Waals surface area contributed by atoms with Crippen molar-refractivity contribution in [3.63, 3.8) is 0 Å². The molecule has 0 aromatic heterocycles. The summed E-state index contributed by atoms with van der Waals surface area (Å²) in [7, 11) is 0. The molecule has 0 fully saturated rings. The van der Waals surface area contributed by atoms with Gasteiger partial charge in [0.05, 0.1) is 6.61 Å². The van der Waals surface area contributed by atoms with E-state index in [0.717, 1.165) is 32.4 Å². The molecule has 0 aliphatic rings. The molecular weight excluding hydrogens is 192 g/mol. The highest BCUT2D eigenvalue weighted by molar-refractivity contribution is 5.75. The summed E-state index contributed by atoms with van der Waals surface area (Å²) in [5.74, 6) is -0.279. The zero-order chi connectivity index (χ0) is 11.5. The lowest BCUT2D eigenvalue weighted by atomic mass is 10.1. The first-order valence-electron chi connectivity index (χ1n) is 5.85. The molecule has 1 atom stereocenters. The maximum Gasteiger partial charge on any atom is 0.322 e. The summed E-state index contributed by atoms with van der Waals surface area (Å²) in [6.07, 6.45) is 3.90. The van der Waals surface area contributed by atoms with Gasteiger partial charge < -0.3 is 15.8 Å². The van der Waals surface area contributed by atoms with Crippen molar-refractivity contribution >= 4 is 5.97 Å². The van der Waals surface area contributed by atoms with Gasteiger partial charge in [0.1, 0.15) is 6.04 Å². The first kappa shape index (κ1) is 14.4. The minimum absolute atomic E-state index is 0.279. The summed E-state index contributed by atoms with van der Waals surface area (Å²) in [5, 5.41) is 3.31. The molecule has 0 saturated carbocycles. The van der Waals surface area contributed by atoms with E-state index in [-0.39, 0.29) is 5.97 Å². The predicted molar refractivity (Wildman–Crippen MR) is 61.6 cm³/mol. The van der Waals surface area contributed by atoms with Gasteiger partial charge in [-0.05, 0) is 39.3 Å². The predicted octanol–water partition coefficient (Wildman–Crippen LogP) is 1.05. The molecule has 15 heavy (non-hydrogen) atoms. The smallest absolute Gasteiger partial charge is 0.322 e. The molecule has 3 N–H and O–H groups in total. The summed E-state index contributed by atoms with van der Waals surface area (Å²) in [4.78, 5) is 11.1. The van der Waals surface area contributed by atoms with E-state index >= 15 is 0 Å². The molecule has 0 aliphatic carbocycles. The summed E-state index contributed by atoms with van der Waals surface area (Å²) in [6.45, 7) is 6.40. The van der Waals surface area contributed by atoms with Crippen LogP contribution in [0.15, 0.2) is 0 Å². The molecule has 0 aliphatic heterocycles. The lowest BCUT2D eigenvalue weighted by Crippen LogP contribution is -2.32. The van der Waals surface area contributed by atoms with E-state index in [9.17, 15) is 4.79 Å². The van der Waals surface area contributed by atoms with Crippen molar-refractivity contribution in [2.75, 3.05) is 19.7 Å². The Hall–Kier alpha value is -0.610. The van der Waals surface area contributed by atoms with Gasteiger partial charge >= 0.3 is 5.97 Å². The third-order valence-corrected chi connectivity index (χ3v) is 2.13. The van der Waals surface area contributed by atoms with Crippen molar-refractivity contribution in [2.45, 2.75) is 45.6 Å². The number of esters is 1. The van der Waals surface area contributed by atoms with Crippen LogP contribution in [-0.4, -0.2) is 31.7 Å². The molecular formula is C11H24N2O2. The first-order valence-corrected chi connectivity index (χ1v) is 5.85. The Labute approximate surface area is 92.6 Å². The third-order valence-electron chi connectivity index (χ3n) is 2.13. The minimum Gasteiger partial charge on any atom is -0.465 e. The lowest BCUT2D eigenvalue weighted by Gasteiger charge is -2.10. The maximum absolute atomic E-state index is 11.1. The van der Waals surface area contributed by atoms with Gasteiger partial charge in [0.25, 0.3) is 0 Å². The highest BCUT2D eigenvalue weighted by Gasteiger charge is 2.13. The Kier molecular flexibility index (Phi) is 9.52. The molecule has 0 spiro atoms. The Morgan fingerprint density at radius 3 is 2.67 bits per heavy atom. The van der Waals surface area contributed by atoms with Crippen molar-refractivity contribution in [3.05, 3.63) is 0 Å². The van der Waals surface area contributed by atoms with Gasteiger partial charge in [-0.2, -0.15) is 0 Å². The van der Waals surface area contributed by atoms with E-state index in [1.165, 1.54) is 0 Å². The summed E-state index contributed by atoms with van der Waals surface area (Å²) < 4.78 is 4.82. The summed E-state index contributed by atoms with van der Waals surface area (Å²) in [5.41, 5.74) is 5.65. The van der Waals surface area contributed by atoms with Gasteiger partial charge in [0.15, 0.2) is 0 Å². The zero-order valence-corrected chi connectivity index (χ0v) is 9.92. The monoisotopic (exact) mass is 216 g/mol. The Morgan fingerprint density at radius 1 is 1.33 bits per heavy atom. The molecule has 0 aromatic rings. The van der Waals surface area contributed by atoms with Gasteiger partial charge in [-0.15, -0.1) is 0 Å². The number of hydrogen-bond donors (Lipinski definition) is 2. The van der Waals surface area contributed by atoms with Crippen LogP contribution in [0.5, 0.6) is 0 Å². The molecule has 0 radical (unpaired) electrons. The van der Waals surface area contributed by atoms with Crippen LogP contribution >= 0.6 is 0 Å². The number of ether oxygens (including phenoxy) is 1. The fourth-order valence-electron chi connectivity index (χ4n) is 1.28. The van der Waals surface area contributed by atoms with Crippen molar-refractivity contribution in [3.8, 4) is 0 Å². The van der Waals surface area contributed by atoms with E-state index in [0.29, 0.717) is 13.0 Å². The number of carbonyl (C=O) groups is 1. The summed E-state index contributed by atoms with van der Waals surface area (Å²) >= 11 is 0. The normalized spacial score (nSPS) is 12.5. The van der Waals surface area contributed by atoms with Crippen molar-refractivity contribution in [1.82, 2.24) is 5.32 Å². The molecule has 0 rings (SSSR count). The van der Waals surface area contributed by atoms with Crippen LogP contribution in [0.4, 0.5) is 0 Å². The number of unbranched alkanes of at least 4 members (excludes halogenated alkanes) is 1. The number of rotatable bonds is 9. The van der Waals surface area contributed by atoms with Crippen molar-refractivity contribution in [1.29, 1.82) is 0 Å². The minimum atomic E-state index is -0.448. The molecule has 0 saturated heterocycles. The first-order chi connectivity index (χ1) is 7.22. The molecule has 4 heteroatoms. The largest absolute Gasteiger partial charge is 0.465 e. The highest BCUT2D eigenvalue weighted by atomic mass is 16.5. The Balaban J connectivity index is 3.30. The van der Waals surface area contributed by atoms with Gasteiger partial charge in [0.2, 0.25) is 0 Å². The third kappa shape index (κ3) is 8.39. The second-order valence-corrected chi connectivity index (χ2v) is 3.60. The molecule has 0 bridgehead atoms. The second-order valence-electron chi connectivity index (χ2n) is 3.60. The van der Waals surface area contributed by atoms with Crippen LogP contribution in [-0.2, 0) is 9.53 Å². The fourth-order valence-corrected chi connectivity index (χ4v) is 1.28. The van der Waals surface area contributed by atoms with Gasteiger partial charge in [-0.3, -0.25) is 4.79 Å².